The molecule has 3 aromatic rings. The molecule has 0 atom stereocenters. The Balaban J connectivity index is 1.97. The molecular formula is C20H18FNO2. The minimum absolute atomic E-state index is 0.267. The molecule has 1 aliphatic rings. The number of halogens is 1. The monoisotopic (exact) mass is 323 g/mol. The van der Waals surface area contributed by atoms with E-state index in [9.17, 15) is 14.3 Å². The third-order valence-electron chi connectivity index (χ3n) is 4.86. The number of carbonyl (C=O) groups is 1. The number of fused-ring (bicyclic) bond motifs is 3. The number of carboxylic acids is 1. The summed E-state index contributed by atoms with van der Waals surface area (Å²) in [5.41, 5.74) is 4.39. The van der Waals surface area contributed by atoms with Gasteiger partial charge in [0.05, 0.1) is 11.1 Å². The molecule has 0 radical (unpaired) electrons. The van der Waals surface area contributed by atoms with Crippen LogP contribution in [0.5, 0.6) is 0 Å². The van der Waals surface area contributed by atoms with E-state index in [1.165, 1.54) is 23.4 Å². The van der Waals surface area contributed by atoms with Gasteiger partial charge in [-0.1, -0.05) is 24.3 Å². The van der Waals surface area contributed by atoms with Crippen molar-refractivity contribution in [1.82, 2.24) is 4.57 Å². The Labute approximate surface area is 139 Å². The summed E-state index contributed by atoms with van der Waals surface area (Å²) in [6, 6.07) is 12.0. The number of para-hydroxylation sites is 1. The zero-order valence-electron chi connectivity index (χ0n) is 13.3. The van der Waals surface area contributed by atoms with Crippen LogP contribution in [0.25, 0.3) is 10.9 Å². The van der Waals surface area contributed by atoms with E-state index in [-0.39, 0.29) is 5.82 Å². The summed E-state index contributed by atoms with van der Waals surface area (Å²) in [4.78, 5) is 11.7. The van der Waals surface area contributed by atoms with Gasteiger partial charge in [-0.25, -0.2) is 9.18 Å². The highest BCUT2D eigenvalue weighted by Gasteiger charge is 2.23. The molecule has 0 spiro atoms. The van der Waals surface area contributed by atoms with E-state index < -0.39 is 5.97 Å². The molecule has 0 fully saturated rings. The third-order valence-corrected chi connectivity index (χ3v) is 4.86. The molecule has 0 bridgehead atoms. The van der Waals surface area contributed by atoms with Crippen molar-refractivity contribution < 1.29 is 14.3 Å². The van der Waals surface area contributed by atoms with E-state index in [1.807, 2.05) is 18.2 Å². The molecule has 0 amide bonds. The molecule has 0 unspecified atom stereocenters. The molecule has 1 aliphatic carbocycles. The highest BCUT2D eigenvalue weighted by Crippen LogP contribution is 2.34. The lowest BCUT2D eigenvalue weighted by atomic mass is 9.95. The lowest BCUT2D eigenvalue weighted by Gasteiger charge is -2.16. The number of aromatic carboxylic acids is 1. The van der Waals surface area contributed by atoms with E-state index in [4.69, 9.17) is 0 Å². The van der Waals surface area contributed by atoms with Gasteiger partial charge in [0.25, 0.3) is 0 Å². The largest absolute Gasteiger partial charge is 0.478 e. The van der Waals surface area contributed by atoms with Gasteiger partial charge in [0, 0.05) is 17.6 Å². The summed E-state index contributed by atoms with van der Waals surface area (Å²) in [7, 11) is 0. The maximum atomic E-state index is 13.6. The van der Waals surface area contributed by atoms with Crippen LogP contribution in [0.1, 0.15) is 40.0 Å². The van der Waals surface area contributed by atoms with Crippen molar-refractivity contribution in [3.8, 4) is 0 Å². The molecule has 24 heavy (non-hydrogen) atoms. The zero-order chi connectivity index (χ0) is 16.7. The van der Waals surface area contributed by atoms with Crippen molar-refractivity contribution in [1.29, 1.82) is 0 Å². The van der Waals surface area contributed by atoms with Crippen molar-refractivity contribution in [2.24, 2.45) is 0 Å². The van der Waals surface area contributed by atoms with Crippen LogP contribution in [0.15, 0.2) is 42.5 Å². The second kappa shape index (κ2) is 5.78. The number of rotatable bonds is 3. The summed E-state index contributed by atoms with van der Waals surface area (Å²) >= 11 is 0. The van der Waals surface area contributed by atoms with Gasteiger partial charge < -0.3 is 9.67 Å². The lowest BCUT2D eigenvalue weighted by molar-refractivity contribution is 0.0698. The minimum atomic E-state index is -0.920. The fourth-order valence-electron chi connectivity index (χ4n) is 3.86. The van der Waals surface area contributed by atoms with Gasteiger partial charge in [0.2, 0.25) is 0 Å². The van der Waals surface area contributed by atoms with Gasteiger partial charge in [0.15, 0.2) is 0 Å². The fourth-order valence-corrected chi connectivity index (χ4v) is 3.86. The van der Waals surface area contributed by atoms with Gasteiger partial charge >= 0.3 is 5.97 Å². The van der Waals surface area contributed by atoms with Gasteiger partial charge in [-0.2, -0.15) is 0 Å². The van der Waals surface area contributed by atoms with E-state index in [0.29, 0.717) is 12.1 Å². The molecule has 4 heteroatoms. The number of hydrogen-bond donors (Lipinski definition) is 1. The van der Waals surface area contributed by atoms with Crippen LogP contribution >= 0.6 is 0 Å². The van der Waals surface area contributed by atoms with Gasteiger partial charge in [-0.3, -0.25) is 0 Å². The molecule has 3 nitrogen and oxygen atoms in total. The molecule has 122 valence electrons. The standard InChI is InChI=1S/C20H18FNO2/c21-14-6-3-5-13(11-14)12-22-18-10-2-1-7-15(18)16-8-4-9-17(19(16)22)20(23)24/h3-6,8-9,11H,1-2,7,10,12H2,(H,23,24). The molecular weight excluding hydrogens is 305 g/mol. The van der Waals surface area contributed by atoms with Crippen molar-refractivity contribution >= 4 is 16.9 Å². The van der Waals surface area contributed by atoms with Crippen LogP contribution in [0.3, 0.4) is 0 Å². The molecule has 2 aromatic carbocycles. The fraction of sp³-hybridized carbons (Fsp3) is 0.250. The Bertz CT molecular complexity index is 942. The topological polar surface area (TPSA) is 42.2 Å². The number of aromatic nitrogens is 1. The van der Waals surface area contributed by atoms with E-state index in [2.05, 4.69) is 4.57 Å². The highest BCUT2D eigenvalue weighted by molar-refractivity contribution is 6.04. The Morgan fingerprint density at radius 2 is 1.92 bits per heavy atom. The zero-order valence-corrected chi connectivity index (χ0v) is 13.3. The van der Waals surface area contributed by atoms with Crippen LogP contribution < -0.4 is 0 Å². The summed E-state index contributed by atoms with van der Waals surface area (Å²) in [6.07, 6.45) is 4.15. The SMILES string of the molecule is O=C(O)c1cccc2c3c(n(Cc4cccc(F)c4)c12)CCCC3. The maximum Gasteiger partial charge on any atom is 0.337 e. The first-order valence-corrected chi connectivity index (χ1v) is 8.26. The number of carboxylic acid groups (broad SMARTS) is 1. The molecule has 0 aliphatic heterocycles. The molecule has 1 heterocycles. The van der Waals surface area contributed by atoms with Crippen molar-refractivity contribution in [2.75, 3.05) is 0 Å². The smallest absolute Gasteiger partial charge is 0.337 e. The minimum Gasteiger partial charge on any atom is -0.478 e. The van der Waals surface area contributed by atoms with Gasteiger partial charge in [-0.15, -0.1) is 0 Å². The van der Waals surface area contributed by atoms with E-state index >= 15 is 0 Å². The number of aryl methyl sites for hydroxylation is 1. The molecule has 0 saturated carbocycles. The highest BCUT2D eigenvalue weighted by atomic mass is 19.1. The van der Waals surface area contributed by atoms with Gasteiger partial charge in [0.1, 0.15) is 5.82 Å². The first-order valence-electron chi connectivity index (χ1n) is 8.26. The number of hydrogen-bond acceptors (Lipinski definition) is 1. The van der Waals surface area contributed by atoms with Crippen molar-refractivity contribution in [3.05, 3.63) is 70.7 Å². The first-order chi connectivity index (χ1) is 11.6. The molecule has 0 saturated heterocycles. The van der Waals surface area contributed by atoms with Crippen molar-refractivity contribution in [3.63, 3.8) is 0 Å². The van der Waals surface area contributed by atoms with E-state index in [1.54, 1.807) is 12.1 Å². The molecule has 1 N–H and O–H groups in total. The van der Waals surface area contributed by atoms with Crippen LogP contribution in [-0.2, 0) is 19.4 Å². The summed E-state index contributed by atoms with van der Waals surface area (Å²) < 4.78 is 15.6. The second-order valence-electron chi connectivity index (χ2n) is 6.36. The van der Waals surface area contributed by atoms with Crippen LogP contribution in [0.2, 0.25) is 0 Å². The normalized spacial score (nSPS) is 13.9. The molecule has 1 aromatic heterocycles. The Hall–Kier alpha value is -2.62. The summed E-state index contributed by atoms with van der Waals surface area (Å²) in [5.74, 6) is -1.19. The number of nitrogens with zero attached hydrogens (tertiary/aromatic N) is 1. The third kappa shape index (κ3) is 2.39. The Morgan fingerprint density at radius 1 is 1.12 bits per heavy atom. The summed E-state index contributed by atoms with van der Waals surface area (Å²) in [5, 5.41) is 10.6. The first kappa shape index (κ1) is 14.9. The van der Waals surface area contributed by atoms with E-state index in [0.717, 1.165) is 42.1 Å². The van der Waals surface area contributed by atoms with Crippen molar-refractivity contribution in [2.45, 2.75) is 32.2 Å². The quantitative estimate of drug-likeness (QED) is 0.776. The Morgan fingerprint density at radius 3 is 2.71 bits per heavy atom. The average Bonchev–Trinajstić information content (AvgIpc) is 2.89. The van der Waals surface area contributed by atoms with Crippen LogP contribution in [0, 0.1) is 5.82 Å². The number of benzene rings is 2. The average molecular weight is 323 g/mol. The Kier molecular flexibility index (Phi) is 3.60. The molecule has 4 rings (SSSR count). The lowest BCUT2D eigenvalue weighted by Crippen LogP contribution is -2.10. The predicted octanol–water partition coefficient (Wildman–Crippen LogP) is 4.41. The maximum absolute atomic E-state index is 13.6. The van der Waals surface area contributed by atoms with Crippen LogP contribution in [0.4, 0.5) is 4.39 Å². The van der Waals surface area contributed by atoms with Gasteiger partial charge in [-0.05, 0) is 55.0 Å². The summed E-state index contributed by atoms with van der Waals surface area (Å²) in [6.45, 7) is 0.494. The second-order valence-corrected chi connectivity index (χ2v) is 6.36. The van der Waals surface area contributed by atoms with Crippen LogP contribution in [-0.4, -0.2) is 15.6 Å². The predicted molar refractivity (Wildman–Crippen MR) is 91.0 cm³/mol.